The number of nitrogens with one attached hydrogen (secondary N) is 1. The van der Waals surface area contributed by atoms with E-state index in [1.807, 2.05) is 13.0 Å². The van der Waals surface area contributed by atoms with E-state index in [4.69, 9.17) is 4.74 Å². The van der Waals surface area contributed by atoms with Crippen LogP contribution in [-0.4, -0.2) is 31.7 Å². The van der Waals surface area contributed by atoms with Gasteiger partial charge in [0.25, 0.3) is 10.0 Å². The number of pyridine rings is 1. The molecule has 0 aromatic carbocycles. The lowest BCUT2D eigenvalue weighted by Gasteiger charge is -2.37. The number of hydrogen-bond acceptors (Lipinski definition) is 6. The monoisotopic (exact) mass is 368 g/mol. The number of sulfonamides is 1. The van der Waals surface area contributed by atoms with Crippen LogP contribution >= 0.6 is 11.3 Å². The second-order valence-electron chi connectivity index (χ2n) is 5.98. The summed E-state index contributed by atoms with van der Waals surface area (Å²) in [6.45, 7) is 1.87. The highest BCUT2D eigenvalue weighted by Crippen LogP contribution is 2.39. The maximum Gasteiger partial charge on any atom is 0.250 e. The van der Waals surface area contributed by atoms with E-state index in [0.717, 1.165) is 10.4 Å². The Morgan fingerprint density at radius 1 is 1.33 bits per heavy atom. The van der Waals surface area contributed by atoms with Gasteiger partial charge in [-0.05, 0) is 43.4 Å². The van der Waals surface area contributed by atoms with Crippen molar-refractivity contribution in [3.63, 3.8) is 0 Å². The first-order valence-electron chi connectivity index (χ1n) is 7.66. The molecule has 0 spiro atoms. The number of thiophene rings is 1. The number of aliphatic hydroxyl groups excluding tert-OH is 1. The molecule has 2 aromatic rings. The molecule has 0 aliphatic heterocycles. The van der Waals surface area contributed by atoms with Crippen molar-refractivity contribution in [2.45, 2.75) is 36.1 Å². The maximum atomic E-state index is 12.7. The van der Waals surface area contributed by atoms with Gasteiger partial charge >= 0.3 is 0 Å². The van der Waals surface area contributed by atoms with Gasteiger partial charge in [-0.25, -0.2) is 18.1 Å². The lowest BCUT2D eigenvalue weighted by Crippen LogP contribution is -2.41. The molecule has 24 heavy (non-hydrogen) atoms. The predicted molar refractivity (Wildman–Crippen MR) is 91.6 cm³/mol. The molecule has 1 unspecified atom stereocenters. The molecule has 8 heteroatoms. The van der Waals surface area contributed by atoms with Gasteiger partial charge in [0.2, 0.25) is 5.88 Å². The molecular formula is C16H20N2O4S2. The molecule has 1 aliphatic carbocycles. The van der Waals surface area contributed by atoms with Crippen molar-refractivity contribution in [3.8, 4) is 5.88 Å². The molecule has 1 aliphatic rings. The fraction of sp³-hybridized carbons (Fsp3) is 0.438. The van der Waals surface area contributed by atoms with E-state index in [0.29, 0.717) is 22.9 Å². The van der Waals surface area contributed by atoms with Crippen LogP contribution in [0.4, 0.5) is 0 Å². The van der Waals surface area contributed by atoms with Crippen molar-refractivity contribution in [1.29, 1.82) is 0 Å². The second kappa shape index (κ2) is 6.79. The fourth-order valence-corrected chi connectivity index (χ4v) is 5.41. The number of ether oxygens (including phenoxy) is 1. The van der Waals surface area contributed by atoms with E-state index >= 15 is 0 Å². The third kappa shape index (κ3) is 3.61. The summed E-state index contributed by atoms with van der Waals surface area (Å²) in [6, 6.07) is 6.50. The van der Waals surface area contributed by atoms with Crippen LogP contribution in [0.2, 0.25) is 0 Å². The van der Waals surface area contributed by atoms with E-state index in [-0.39, 0.29) is 12.0 Å². The Balaban J connectivity index is 1.87. The number of aliphatic hydroxyl groups is 1. The highest BCUT2D eigenvalue weighted by Gasteiger charge is 2.37. The fourth-order valence-electron chi connectivity index (χ4n) is 2.82. The Morgan fingerprint density at radius 3 is 2.58 bits per heavy atom. The summed E-state index contributed by atoms with van der Waals surface area (Å²) in [4.78, 5) is 5.11. The Morgan fingerprint density at radius 2 is 2.08 bits per heavy atom. The van der Waals surface area contributed by atoms with E-state index in [1.165, 1.54) is 18.4 Å². The third-order valence-corrected chi connectivity index (χ3v) is 7.14. The lowest BCUT2D eigenvalue weighted by atomic mass is 9.76. The quantitative estimate of drug-likeness (QED) is 0.816. The van der Waals surface area contributed by atoms with Gasteiger partial charge in [0.15, 0.2) is 0 Å². The minimum Gasteiger partial charge on any atom is -0.481 e. The first-order chi connectivity index (χ1) is 11.4. The molecule has 1 atom stereocenters. The van der Waals surface area contributed by atoms with Gasteiger partial charge in [0.1, 0.15) is 4.21 Å². The average molecular weight is 368 g/mol. The summed E-state index contributed by atoms with van der Waals surface area (Å²) in [5.74, 6) is 0.522. The van der Waals surface area contributed by atoms with Gasteiger partial charge in [-0.3, -0.25) is 0 Å². The highest BCUT2D eigenvalue weighted by atomic mass is 32.2. The molecule has 2 heterocycles. The smallest absolute Gasteiger partial charge is 0.250 e. The molecule has 1 saturated carbocycles. The summed E-state index contributed by atoms with van der Waals surface area (Å²) < 4.78 is 33.5. The van der Waals surface area contributed by atoms with Gasteiger partial charge in [-0.1, -0.05) is 6.07 Å². The summed E-state index contributed by atoms with van der Waals surface area (Å²) in [5.41, 5.74) is 0.768. The first-order valence-corrected chi connectivity index (χ1v) is 9.96. The molecule has 130 valence electrons. The Bertz CT molecular complexity index is 796. The Hall–Kier alpha value is -1.48. The zero-order valence-electron chi connectivity index (χ0n) is 13.5. The van der Waals surface area contributed by atoms with Crippen molar-refractivity contribution in [2.24, 2.45) is 5.92 Å². The third-order valence-electron chi connectivity index (χ3n) is 4.21. The molecule has 0 saturated heterocycles. The molecule has 2 N–H and O–H groups in total. The molecule has 0 amide bonds. The topological polar surface area (TPSA) is 88.5 Å². The number of aromatic nitrogens is 1. The largest absolute Gasteiger partial charge is 0.481 e. The van der Waals surface area contributed by atoms with Crippen molar-refractivity contribution < 1.29 is 18.3 Å². The van der Waals surface area contributed by atoms with Crippen LogP contribution in [0.15, 0.2) is 34.7 Å². The summed E-state index contributed by atoms with van der Waals surface area (Å²) in [7, 11) is -2.08. The summed E-state index contributed by atoms with van der Waals surface area (Å²) in [6.07, 6.45) is 2.40. The number of nitrogens with zero attached hydrogens (tertiary/aromatic N) is 1. The van der Waals surface area contributed by atoms with Crippen LogP contribution in [0.5, 0.6) is 5.88 Å². The van der Waals surface area contributed by atoms with E-state index < -0.39 is 16.1 Å². The lowest BCUT2D eigenvalue weighted by molar-refractivity contribution is 0.0279. The summed E-state index contributed by atoms with van der Waals surface area (Å²) >= 11 is 1.24. The Kier molecular flexibility index (Phi) is 4.91. The van der Waals surface area contributed by atoms with E-state index in [9.17, 15) is 13.5 Å². The van der Waals surface area contributed by atoms with Crippen LogP contribution < -0.4 is 9.46 Å². The van der Waals surface area contributed by atoms with Crippen molar-refractivity contribution >= 4 is 21.4 Å². The van der Waals surface area contributed by atoms with Gasteiger partial charge in [0.05, 0.1) is 19.3 Å². The normalized spacial score (nSPS) is 22.0. The molecule has 6 nitrogen and oxygen atoms in total. The second-order valence-corrected chi connectivity index (χ2v) is 9.21. The minimum absolute atomic E-state index is 0.0472. The van der Waals surface area contributed by atoms with Gasteiger partial charge in [-0.2, -0.15) is 0 Å². The highest BCUT2D eigenvalue weighted by molar-refractivity contribution is 7.91. The SMILES string of the molecule is COc1ccc(C(NS(=O)(=O)c2ccc(C)s2)C2CC(O)C2)cn1. The van der Waals surface area contributed by atoms with Crippen LogP contribution in [-0.2, 0) is 10.0 Å². The molecule has 3 rings (SSSR count). The molecule has 0 bridgehead atoms. The van der Waals surface area contributed by atoms with Crippen molar-refractivity contribution in [1.82, 2.24) is 9.71 Å². The van der Waals surface area contributed by atoms with Crippen LogP contribution in [0.25, 0.3) is 0 Å². The Labute approximate surface area is 145 Å². The van der Waals surface area contributed by atoms with Gasteiger partial charge < -0.3 is 9.84 Å². The maximum absolute atomic E-state index is 12.7. The van der Waals surface area contributed by atoms with Gasteiger partial charge in [0, 0.05) is 17.1 Å². The minimum atomic E-state index is -3.61. The number of hydrogen-bond donors (Lipinski definition) is 2. The first kappa shape index (κ1) is 17.3. The molecule has 2 aromatic heterocycles. The van der Waals surface area contributed by atoms with Gasteiger partial charge in [-0.15, -0.1) is 11.3 Å². The molecule has 0 radical (unpaired) electrons. The average Bonchev–Trinajstić information content (AvgIpc) is 2.97. The van der Waals surface area contributed by atoms with Crippen molar-refractivity contribution in [2.75, 3.05) is 7.11 Å². The van der Waals surface area contributed by atoms with E-state index in [1.54, 1.807) is 24.4 Å². The standard InChI is InChI=1S/C16H20N2O4S2/c1-10-3-6-15(23-10)24(20,21)18-16(12-7-13(19)8-12)11-4-5-14(22-2)17-9-11/h3-6,9,12-13,16,18-19H,7-8H2,1-2H3. The van der Waals surface area contributed by atoms with Crippen LogP contribution in [0.3, 0.4) is 0 Å². The molecular weight excluding hydrogens is 348 g/mol. The van der Waals surface area contributed by atoms with Crippen molar-refractivity contribution in [3.05, 3.63) is 40.9 Å². The zero-order valence-corrected chi connectivity index (χ0v) is 15.1. The summed E-state index contributed by atoms with van der Waals surface area (Å²) in [5, 5.41) is 9.60. The van der Waals surface area contributed by atoms with Crippen LogP contribution in [0.1, 0.15) is 29.3 Å². The number of methoxy groups -OCH3 is 1. The van der Waals surface area contributed by atoms with E-state index in [2.05, 4.69) is 9.71 Å². The predicted octanol–water partition coefficient (Wildman–Crippen LogP) is 2.25. The zero-order chi connectivity index (χ0) is 17.3. The van der Waals surface area contributed by atoms with Crippen LogP contribution in [0, 0.1) is 12.8 Å². The number of rotatable bonds is 6. The molecule has 1 fully saturated rings. The number of aryl methyl sites for hydroxylation is 1.